The van der Waals surface area contributed by atoms with E-state index in [1.54, 1.807) is 0 Å². The van der Waals surface area contributed by atoms with Crippen LogP contribution >= 0.6 is 0 Å². The van der Waals surface area contributed by atoms with Crippen molar-refractivity contribution in [3.8, 4) is 0 Å². The highest BCUT2D eigenvalue weighted by Gasteiger charge is 2.65. The van der Waals surface area contributed by atoms with Crippen molar-refractivity contribution in [2.24, 2.45) is 0 Å². The molecule has 12 saturated heterocycles. The van der Waals surface area contributed by atoms with Crippen LogP contribution in [0.25, 0.3) is 0 Å². The number of aliphatic hydroxyl groups is 32. The summed E-state index contributed by atoms with van der Waals surface area (Å²) < 4.78 is 138. The average Bonchev–Trinajstić information content (AvgIpc) is 0.735. The monoisotopic (exact) mass is 2180 g/mol. The summed E-state index contributed by atoms with van der Waals surface area (Å²) in [7, 11) is 0. The molecule has 0 aromatic heterocycles. The van der Waals surface area contributed by atoms with E-state index in [4.69, 9.17) is 109 Å². The number of amides is 5. The van der Waals surface area contributed by atoms with Gasteiger partial charge in [0.05, 0.1) is 72.7 Å². The minimum Gasteiger partial charge on any atom is -0.479 e. The van der Waals surface area contributed by atoms with E-state index in [0.29, 0.717) is 0 Å². The maximum absolute atomic E-state index is 13.5. The molecule has 12 rings (SSSR count). The van der Waals surface area contributed by atoms with Gasteiger partial charge in [0.2, 0.25) is 29.5 Å². The Morgan fingerprint density at radius 2 is 0.416 bits per heavy atom. The lowest BCUT2D eigenvalue weighted by Gasteiger charge is -2.52. The van der Waals surface area contributed by atoms with Gasteiger partial charge in [-0.05, 0) is 0 Å². The molecule has 149 heavy (non-hydrogen) atoms. The Hall–Kier alpha value is -5.38. The van der Waals surface area contributed by atoms with E-state index >= 15 is 0 Å². The van der Waals surface area contributed by atoms with Crippen LogP contribution in [0.2, 0.25) is 0 Å². The largest absolute Gasteiger partial charge is 0.479 e. The Kier molecular flexibility index (Phi) is 43.7. The number of aliphatic hydroxyl groups excluding tert-OH is 32. The average molecular weight is 2180 g/mol. The van der Waals surface area contributed by atoms with Crippen molar-refractivity contribution in [1.29, 1.82) is 0 Å². The predicted molar refractivity (Wildman–Crippen MR) is 453 cm³/mol. The zero-order chi connectivity index (χ0) is 110. The van der Waals surface area contributed by atoms with E-state index in [1.165, 1.54) is 0 Å². The maximum atomic E-state index is 13.5. The van der Waals surface area contributed by atoms with Crippen molar-refractivity contribution >= 4 is 35.5 Å². The fourth-order valence-electron chi connectivity index (χ4n) is 19.3. The van der Waals surface area contributed by atoms with Gasteiger partial charge in [0, 0.05) is 34.6 Å². The third-order valence-corrected chi connectivity index (χ3v) is 27.1. The van der Waals surface area contributed by atoms with Crippen molar-refractivity contribution in [2.75, 3.05) is 72.7 Å². The number of carboxylic acids is 1. The van der Waals surface area contributed by atoms with Crippen molar-refractivity contribution in [3.63, 3.8) is 0 Å². The molecule has 0 bridgehead atoms. The molecule has 0 spiro atoms. The molecule has 5 amide bonds. The SMILES string of the molecule is CC(=O)N[C@@H]1[C@H](O[C@H]2[C@H](O)[C@@H](NC(C)=O)[C@H](O)O[C@@H]2CO)O[C@H](CO)[C@@H](O[C@@H]2O[C@H](CO[C@H]3O[C@H](CO)[C@@H](O)[C@H](O)[C@@H]3O[C@@H]3O[C@H](CO)[C@@H](O[C@@H]4O[C@H](CO)[C@H](O)[C@H](O)[C@H]4O)[C@H](O)[C@H]3NC(C)=O)[C@@H](O)[C@H](O[C@H]3O[C@H](CO)[C@@H](O[C@@H]4O[C@H](CO)[C@@H](O[C@@H]5O[C@H](CO)[C@H](O)[C@H](O[C@@H]6O[C@H](C(=O)O)[C@@H](O)[C@H](O)[C@H]6O)[C@H]5O)[C@H](O)[C@H]4NC(C)=O)[C@H](O)[C@@H]3O[C@@H]3O[C@H](CO)[C@@H](O[C@@H]4O[C@H](CO)[C@H](O)[C@H](O)[C@H]4O)[C@H](O)[C@H]3NC(C)=O)[C@@H]2O)[C@@H]1O. The highest BCUT2D eigenvalue weighted by atomic mass is 16.8. The predicted octanol–water partition coefficient (Wildman–Crippen LogP) is -26.3. The molecular weight excluding hydrogens is 2050 g/mol. The molecule has 12 fully saturated rings. The molecule has 860 valence electrons. The van der Waals surface area contributed by atoms with E-state index in [1.807, 2.05) is 0 Å². The summed E-state index contributed by atoms with van der Waals surface area (Å²) in [6.45, 7) is -9.13. The summed E-state index contributed by atoms with van der Waals surface area (Å²) in [6.07, 6.45) is -124. The fraction of sp³-hybridized carbons (Fsp3) is 0.927. The van der Waals surface area contributed by atoms with Gasteiger partial charge in [0.15, 0.2) is 81.6 Å². The Morgan fingerprint density at radius 1 is 0.195 bits per heavy atom. The summed E-state index contributed by atoms with van der Waals surface area (Å²) in [6, 6.07) is -10.2. The molecule has 0 aromatic carbocycles. The molecule has 67 heteroatoms. The summed E-state index contributed by atoms with van der Waals surface area (Å²) >= 11 is 0. The number of aliphatic carboxylic acids is 1. The minimum absolute atomic E-state index is 0.839. The third kappa shape index (κ3) is 26.9. The molecule has 38 N–H and O–H groups in total. The van der Waals surface area contributed by atoms with Crippen molar-refractivity contribution in [1.82, 2.24) is 26.6 Å². The normalized spacial score (nSPS) is 49.0. The molecule has 67 nitrogen and oxygen atoms in total. The summed E-state index contributed by atoms with van der Waals surface area (Å²) in [5, 5.41) is 384. The summed E-state index contributed by atoms with van der Waals surface area (Å²) in [4.78, 5) is 77.7. The Morgan fingerprint density at radius 3 is 0.745 bits per heavy atom. The third-order valence-electron chi connectivity index (χ3n) is 27.1. The second kappa shape index (κ2) is 53.3. The zero-order valence-electron chi connectivity index (χ0n) is 79.5. The van der Waals surface area contributed by atoms with Crippen LogP contribution < -0.4 is 26.6 Å². The van der Waals surface area contributed by atoms with Gasteiger partial charge in [-0.1, -0.05) is 0 Å². The number of ether oxygens (including phenoxy) is 23. The maximum Gasteiger partial charge on any atom is 0.335 e. The summed E-state index contributed by atoms with van der Waals surface area (Å²) in [5.41, 5.74) is 0. The van der Waals surface area contributed by atoms with Gasteiger partial charge in [-0.3, -0.25) is 24.0 Å². The van der Waals surface area contributed by atoms with Crippen LogP contribution in [0.4, 0.5) is 0 Å². The summed E-state index contributed by atoms with van der Waals surface area (Å²) in [5.74, 6) is -7.00. The molecule has 60 atom stereocenters. The van der Waals surface area contributed by atoms with Gasteiger partial charge in [-0.2, -0.15) is 0 Å². The fourth-order valence-corrected chi connectivity index (χ4v) is 19.3. The molecule has 0 saturated carbocycles. The van der Waals surface area contributed by atoms with Gasteiger partial charge in [0.25, 0.3) is 0 Å². The molecule has 0 aromatic rings. The van der Waals surface area contributed by atoms with Gasteiger partial charge in [-0.25, -0.2) is 4.79 Å². The number of rotatable bonds is 39. The van der Waals surface area contributed by atoms with Crippen LogP contribution in [-0.2, 0) is 138 Å². The first kappa shape index (κ1) is 122. The number of carboxylic acid groups (broad SMARTS) is 1. The first-order chi connectivity index (χ1) is 70.5. The van der Waals surface area contributed by atoms with Crippen molar-refractivity contribution in [3.05, 3.63) is 0 Å². The first-order valence-corrected chi connectivity index (χ1v) is 47.2. The molecule has 0 radical (unpaired) electrons. The Bertz CT molecular complexity index is 4220. The van der Waals surface area contributed by atoms with Crippen LogP contribution in [0.1, 0.15) is 34.6 Å². The van der Waals surface area contributed by atoms with E-state index < -0.39 is 476 Å². The zero-order valence-corrected chi connectivity index (χ0v) is 79.5. The number of carbonyl (C=O) groups excluding carboxylic acids is 5. The smallest absolute Gasteiger partial charge is 0.335 e. The van der Waals surface area contributed by atoms with Gasteiger partial charge in [-0.15, -0.1) is 0 Å². The topological polar surface area (TPSA) is 1040 Å². The molecule has 12 aliphatic rings. The van der Waals surface area contributed by atoms with E-state index in [-0.39, 0.29) is 0 Å². The molecule has 12 aliphatic heterocycles. The Balaban J connectivity index is 0.920. The van der Waals surface area contributed by atoms with Crippen LogP contribution in [0.3, 0.4) is 0 Å². The standard InChI is InChI=1S/C82H135N5O62/c1-17(98)83-33-43(108)59(26(10-92)128-71(33)126)139-72-34(84-18(2)99)44(109)63(30(14-96)133-72)144-80-58(123)66(42(107)32(138-80)16-127-81-68(51(116)40(105)24(8-90)132-81)148-74-36(86-20(4)101)46(111)60(27(11-93)135-74)141-76-53(118)48(113)38(103)22(6-88)129-76)146-82-69(149-75-37(87-21(5)102)47(112)61(28(12-94)136-75)142-77-54(119)49(114)39(104)23(7-89)130-77)56(121)64(31(15-97)137-82)140-73-35(85-19(3)100)45(110)62(29(13-95)134-73)143-79-57(122)65(41(106)25(9-91)131-79)145-78-55(120)50(115)52(117)67(147-78)70(124)125/h22-69,71-82,88-97,103-123,126H,6-16H2,1-5H3,(H,83,98)(H,84,99)(H,85,100)(H,86,101)(H,87,102)(H,124,125)/t22-,23-,24-,25-,26-,27-,28-,29-,30-,31-,32-,33-,34+,35-,36-,37-,38+,39+,40-,41+,42-,43-,44-,45-,46-,47-,48+,49+,50+,51+,52+,53-,54-,55-,56+,57-,58+,59-,60-,61-,62-,63-,64-,65+,66+,67+,68+,69+,71-,72+,73+,74+,75+,76+,77+,78-,79+,80+,81+,82-/m1/s1. The lowest BCUT2D eigenvalue weighted by atomic mass is 9.93. The van der Waals surface area contributed by atoms with Crippen LogP contribution in [0, 0.1) is 0 Å². The van der Waals surface area contributed by atoms with E-state index in [9.17, 15) is 197 Å². The van der Waals surface area contributed by atoms with Crippen LogP contribution in [0.5, 0.6) is 0 Å². The second-order valence-electron chi connectivity index (χ2n) is 37.4. The number of nitrogens with one attached hydrogen (secondary N) is 5. The molecule has 12 heterocycles. The first-order valence-electron chi connectivity index (χ1n) is 47.2. The van der Waals surface area contributed by atoms with Crippen LogP contribution in [-0.4, -0.2) is 645 Å². The lowest BCUT2D eigenvalue weighted by Crippen LogP contribution is -2.71. The minimum atomic E-state index is -2.81. The van der Waals surface area contributed by atoms with Crippen molar-refractivity contribution in [2.45, 2.75) is 403 Å². The molecule has 0 unspecified atom stereocenters. The quantitative estimate of drug-likeness (QED) is 0.0272. The van der Waals surface area contributed by atoms with Gasteiger partial charge < -0.3 is 304 Å². The molecular formula is C82H135N5O62. The number of hydrogen-bond donors (Lipinski definition) is 38. The molecule has 0 aliphatic carbocycles. The number of carbonyl (C=O) groups is 6. The highest BCUT2D eigenvalue weighted by molar-refractivity contribution is 5.75. The van der Waals surface area contributed by atoms with Gasteiger partial charge >= 0.3 is 5.97 Å². The number of hydrogen-bond acceptors (Lipinski definition) is 61. The van der Waals surface area contributed by atoms with E-state index in [0.717, 1.165) is 34.6 Å². The second-order valence-corrected chi connectivity index (χ2v) is 37.4. The van der Waals surface area contributed by atoms with Crippen molar-refractivity contribution < 1.29 is 306 Å². The van der Waals surface area contributed by atoms with Gasteiger partial charge in [0.1, 0.15) is 287 Å². The Labute approximate surface area is 841 Å². The lowest BCUT2D eigenvalue weighted by molar-refractivity contribution is -0.407. The van der Waals surface area contributed by atoms with E-state index in [2.05, 4.69) is 26.6 Å². The van der Waals surface area contributed by atoms with Crippen LogP contribution in [0.15, 0.2) is 0 Å². The highest BCUT2D eigenvalue weighted by Crippen LogP contribution is 2.44.